The lowest BCUT2D eigenvalue weighted by atomic mass is 10.1. The molecule has 0 unspecified atom stereocenters. The first-order valence-corrected chi connectivity index (χ1v) is 9.40. The van der Waals surface area contributed by atoms with E-state index in [1.165, 1.54) is 0 Å². The zero-order valence-electron chi connectivity index (χ0n) is 16.5. The molecular weight excluding hydrogens is 382 g/mol. The summed E-state index contributed by atoms with van der Waals surface area (Å²) in [5, 5.41) is 3.25. The largest absolute Gasteiger partial charge is 0.461 e. The second-order valence-electron chi connectivity index (χ2n) is 7.10. The maximum atomic E-state index is 11.9. The zero-order chi connectivity index (χ0) is 20.7. The Morgan fingerprint density at radius 2 is 1.93 bits per heavy atom. The van der Waals surface area contributed by atoms with E-state index < -0.39 is 17.7 Å². The molecule has 0 saturated heterocycles. The molecule has 0 fully saturated rings. The van der Waals surface area contributed by atoms with Gasteiger partial charge in [-0.1, -0.05) is 23.7 Å². The van der Waals surface area contributed by atoms with E-state index in [9.17, 15) is 9.59 Å². The van der Waals surface area contributed by atoms with Gasteiger partial charge in [-0.2, -0.15) is 0 Å². The van der Waals surface area contributed by atoms with Crippen LogP contribution < -0.4 is 10.7 Å². The first kappa shape index (κ1) is 21.6. The van der Waals surface area contributed by atoms with Crippen molar-refractivity contribution >= 4 is 23.7 Å². The predicted molar refractivity (Wildman–Crippen MR) is 108 cm³/mol. The van der Waals surface area contributed by atoms with Crippen LogP contribution >= 0.6 is 11.6 Å². The number of halogens is 1. The minimum atomic E-state index is -0.562. The van der Waals surface area contributed by atoms with Gasteiger partial charge in [0.25, 0.3) is 0 Å². The normalized spacial score (nSPS) is 11.0. The van der Waals surface area contributed by atoms with Gasteiger partial charge in [0, 0.05) is 17.8 Å². The van der Waals surface area contributed by atoms with Gasteiger partial charge in [-0.05, 0) is 57.0 Å². The highest BCUT2D eigenvalue weighted by Crippen LogP contribution is 2.18. The highest BCUT2D eigenvalue weighted by molar-refractivity contribution is 6.31. The van der Waals surface area contributed by atoms with Crippen LogP contribution in [0.15, 0.2) is 36.5 Å². The summed E-state index contributed by atoms with van der Waals surface area (Å²) in [6, 6.07) is 8.98. The Morgan fingerprint density at radius 3 is 2.61 bits per heavy atom. The van der Waals surface area contributed by atoms with Crippen molar-refractivity contribution in [2.75, 3.05) is 12.0 Å². The number of hydrogen-bond donors (Lipinski definition) is 2. The highest BCUT2D eigenvalue weighted by atomic mass is 35.5. The quantitative estimate of drug-likeness (QED) is 0.675. The third-order valence-corrected chi connectivity index (χ3v) is 3.99. The monoisotopic (exact) mass is 407 g/mol. The molecule has 28 heavy (non-hydrogen) atoms. The van der Waals surface area contributed by atoms with Crippen LogP contribution in [-0.2, 0) is 22.6 Å². The molecule has 7 nitrogen and oxygen atoms in total. The van der Waals surface area contributed by atoms with Crippen molar-refractivity contribution in [3.63, 3.8) is 0 Å². The van der Waals surface area contributed by atoms with E-state index in [2.05, 4.69) is 10.7 Å². The van der Waals surface area contributed by atoms with Gasteiger partial charge in [0.05, 0.1) is 13.2 Å². The summed E-state index contributed by atoms with van der Waals surface area (Å²) in [5.74, 6) is -0.390. The smallest absolute Gasteiger partial charge is 0.407 e. The lowest BCUT2D eigenvalue weighted by Crippen LogP contribution is -2.32. The first-order chi connectivity index (χ1) is 13.2. The molecule has 1 heterocycles. The average Bonchev–Trinajstić information content (AvgIpc) is 3.07. The molecule has 0 radical (unpaired) electrons. The third kappa shape index (κ3) is 6.49. The number of amides is 1. The number of carbonyl (C=O) groups is 2. The van der Waals surface area contributed by atoms with E-state index in [1.807, 2.05) is 12.1 Å². The molecule has 0 atom stereocenters. The first-order valence-electron chi connectivity index (χ1n) is 9.02. The Hall–Kier alpha value is -2.67. The van der Waals surface area contributed by atoms with E-state index in [4.69, 9.17) is 21.1 Å². The summed E-state index contributed by atoms with van der Waals surface area (Å²) in [5.41, 5.74) is 4.72. The fourth-order valence-corrected chi connectivity index (χ4v) is 2.61. The molecule has 2 N–H and O–H groups in total. The Bertz CT molecular complexity index is 827. The second-order valence-corrected chi connectivity index (χ2v) is 7.51. The third-order valence-electron chi connectivity index (χ3n) is 3.62. The topological polar surface area (TPSA) is 81.6 Å². The summed E-state index contributed by atoms with van der Waals surface area (Å²) in [6.07, 6.45) is 1.24. The van der Waals surface area contributed by atoms with Crippen LogP contribution in [0.5, 0.6) is 0 Å². The van der Waals surface area contributed by atoms with Gasteiger partial charge in [0.1, 0.15) is 11.3 Å². The van der Waals surface area contributed by atoms with Gasteiger partial charge < -0.3 is 20.2 Å². The van der Waals surface area contributed by atoms with Crippen molar-refractivity contribution in [1.29, 1.82) is 0 Å². The Labute approximate surface area is 169 Å². The maximum absolute atomic E-state index is 11.9. The van der Waals surface area contributed by atoms with E-state index in [1.54, 1.807) is 56.8 Å². The van der Waals surface area contributed by atoms with Crippen molar-refractivity contribution in [3.8, 4) is 0 Å². The molecule has 0 spiro atoms. The van der Waals surface area contributed by atoms with Crippen molar-refractivity contribution in [2.24, 2.45) is 0 Å². The summed E-state index contributed by atoms with van der Waals surface area (Å²) in [6.45, 7) is 8.19. The maximum Gasteiger partial charge on any atom is 0.407 e. The van der Waals surface area contributed by atoms with E-state index in [0.717, 1.165) is 11.1 Å². The van der Waals surface area contributed by atoms with E-state index in [-0.39, 0.29) is 6.54 Å². The summed E-state index contributed by atoms with van der Waals surface area (Å²) in [4.78, 5) is 23.8. The summed E-state index contributed by atoms with van der Waals surface area (Å²) in [7, 11) is 0. The van der Waals surface area contributed by atoms with Crippen LogP contribution in [0.1, 0.15) is 49.3 Å². The van der Waals surface area contributed by atoms with Gasteiger partial charge in [-0.15, -0.1) is 0 Å². The van der Waals surface area contributed by atoms with Crippen molar-refractivity contribution in [1.82, 2.24) is 9.99 Å². The molecule has 2 aromatic rings. The fraction of sp³-hybridized carbons (Fsp3) is 0.400. The molecule has 152 valence electrons. The molecule has 0 bridgehead atoms. The number of rotatable bonds is 7. The highest BCUT2D eigenvalue weighted by Gasteiger charge is 2.16. The standard InChI is InChI=1S/C20H26ClN3O4/c1-5-27-18(25)17-7-6-10-24(17)23-12-14-8-9-16(21)15(11-14)13-22-19(26)28-20(2,3)4/h6-11,23H,5,12-13H2,1-4H3,(H,22,26). The number of ether oxygens (including phenoxy) is 2. The van der Waals surface area contributed by atoms with Crippen LogP contribution in [0.3, 0.4) is 0 Å². The number of aromatic nitrogens is 1. The number of alkyl carbamates (subject to hydrolysis) is 1. The van der Waals surface area contributed by atoms with Gasteiger partial charge in [-0.25, -0.2) is 9.59 Å². The van der Waals surface area contributed by atoms with Crippen molar-refractivity contribution in [2.45, 2.75) is 46.4 Å². The number of esters is 1. The van der Waals surface area contributed by atoms with Crippen LogP contribution in [0.25, 0.3) is 0 Å². The molecule has 0 aliphatic rings. The van der Waals surface area contributed by atoms with Gasteiger partial charge in [0.15, 0.2) is 0 Å². The molecular formula is C20H26ClN3O4. The molecule has 1 amide bonds. The lowest BCUT2D eigenvalue weighted by molar-refractivity contribution is 0.0508. The van der Waals surface area contributed by atoms with Crippen molar-refractivity contribution < 1.29 is 19.1 Å². The summed E-state index contributed by atoms with van der Waals surface area (Å²) < 4.78 is 11.9. The Kier molecular flexibility index (Phi) is 7.34. The number of nitrogens with zero attached hydrogens (tertiary/aromatic N) is 1. The molecule has 0 saturated carbocycles. The van der Waals surface area contributed by atoms with Crippen LogP contribution in [0.4, 0.5) is 4.79 Å². The van der Waals surface area contributed by atoms with Crippen LogP contribution in [0, 0.1) is 0 Å². The minimum Gasteiger partial charge on any atom is -0.461 e. The lowest BCUT2D eigenvalue weighted by Gasteiger charge is -2.20. The zero-order valence-corrected chi connectivity index (χ0v) is 17.3. The molecule has 1 aromatic carbocycles. The molecule has 0 aliphatic heterocycles. The number of nitrogens with one attached hydrogen (secondary N) is 2. The van der Waals surface area contributed by atoms with Crippen LogP contribution in [0.2, 0.25) is 5.02 Å². The van der Waals surface area contributed by atoms with E-state index in [0.29, 0.717) is 23.9 Å². The molecule has 1 aromatic heterocycles. The summed E-state index contributed by atoms with van der Waals surface area (Å²) >= 11 is 6.24. The predicted octanol–water partition coefficient (Wildman–Crippen LogP) is 4.09. The average molecular weight is 408 g/mol. The van der Waals surface area contributed by atoms with Gasteiger partial charge in [0.2, 0.25) is 0 Å². The minimum absolute atomic E-state index is 0.249. The Morgan fingerprint density at radius 1 is 1.18 bits per heavy atom. The Balaban J connectivity index is 1.99. The number of hydrogen-bond acceptors (Lipinski definition) is 5. The van der Waals surface area contributed by atoms with Gasteiger partial charge >= 0.3 is 12.1 Å². The molecule has 2 rings (SSSR count). The van der Waals surface area contributed by atoms with E-state index >= 15 is 0 Å². The SMILES string of the molecule is CCOC(=O)c1cccn1NCc1ccc(Cl)c(CNC(=O)OC(C)(C)C)c1. The van der Waals surface area contributed by atoms with Crippen LogP contribution in [-0.4, -0.2) is 28.9 Å². The molecule has 8 heteroatoms. The second kappa shape index (κ2) is 9.50. The van der Waals surface area contributed by atoms with Crippen molar-refractivity contribution in [3.05, 3.63) is 58.4 Å². The number of carbonyl (C=O) groups excluding carboxylic acids is 2. The fourth-order valence-electron chi connectivity index (χ4n) is 2.42. The molecule has 0 aliphatic carbocycles. The number of benzene rings is 1. The van der Waals surface area contributed by atoms with Gasteiger partial charge in [-0.3, -0.25) is 4.68 Å².